The normalized spacial score (nSPS) is 13.8. The zero-order chi connectivity index (χ0) is 17.8. The van der Waals surface area contributed by atoms with Gasteiger partial charge in [0.1, 0.15) is 10.9 Å². The molecule has 130 valence electrons. The monoisotopic (exact) mass is 391 g/mol. The lowest BCUT2D eigenvalue weighted by molar-refractivity contribution is -0.139. The number of benzene rings is 1. The van der Waals surface area contributed by atoms with Gasteiger partial charge in [-0.3, -0.25) is 4.79 Å². The van der Waals surface area contributed by atoms with Gasteiger partial charge in [0.2, 0.25) is 10.0 Å². The van der Waals surface area contributed by atoms with Gasteiger partial charge in [0.25, 0.3) is 0 Å². The van der Waals surface area contributed by atoms with Gasteiger partial charge < -0.3 is 5.11 Å². The SMILES string of the molecule is CSCCC(NS(=O)(=O)c1cc(C(F)(F)F)ccc1Cl)C(=O)O. The Morgan fingerprint density at radius 3 is 2.52 bits per heavy atom. The number of hydrogen-bond donors (Lipinski definition) is 2. The summed E-state index contributed by atoms with van der Waals surface area (Å²) < 4.78 is 64.3. The molecule has 0 saturated heterocycles. The van der Waals surface area contributed by atoms with Crippen molar-refractivity contribution in [3.8, 4) is 0 Å². The lowest BCUT2D eigenvalue weighted by Gasteiger charge is -2.16. The van der Waals surface area contributed by atoms with Crippen LogP contribution in [0.25, 0.3) is 0 Å². The minimum atomic E-state index is -4.75. The van der Waals surface area contributed by atoms with Crippen molar-refractivity contribution in [1.82, 2.24) is 4.72 Å². The molecule has 0 aliphatic rings. The first-order chi connectivity index (χ1) is 10.5. The lowest BCUT2D eigenvalue weighted by atomic mass is 10.2. The average molecular weight is 392 g/mol. The van der Waals surface area contributed by atoms with Crippen molar-refractivity contribution in [2.45, 2.75) is 23.5 Å². The predicted molar refractivity (Wildman–Crippen MR) is 81.2 cm³/mol. The van der Waals surface area contributed by atoms with Gasteiger partial charge in [0.05, 0.1) is 10.6 Å². The lowest BCUT2D eigenvalue weighted by Crippen LogP contribution is -2.41. The third-order valence-corrected chi connectivity index (χ3v) is 5.35. The zero-order valence-electron chi connectivity index (χ0n) is 11.7. The van der Waals surface area contributed by atoms with E-state index in [2.05, 4.69) is 0 Å². The quantitative estimate of drug-likeness (QED) is 0.746. The van der Waals surface area contributed by atoms with Crippen molar-refractivity contribution in [2.24, 2.45) is 0 Å². The summed E-state index contributed by atoms with van der Waals surface area (Å²) >= 11 is 6.97. The Morgan fingerprint density at radius 2 is 2.04 bits per heavy atom. The van der Waals surface area contributed by atoms with Gasteiger partial charge in [-0.2, -0.15) is 29.7 Å². The standard InChI is InChI=1S/C12H13ClF3NO4S2/c1-22-5-4-9(11(18)19)17-23(20,21)10-6-7(12(14,15)16)2-3-8(10)13/h2-3,6,9,17H,4-5H2,1H3,(H,18,19). The average Bonchev–Trinajstić information content (AvgIpc) is 2.42. The number of hydrogen-bond acceptors (Lipinski definition) is 4. The van der Waals surface area contributed by atoms with Crippen LogP contribution in [0, 0.1) is 0 Å². The number of carboxylic acids is 1. The molecule has 0 aliphatic heterocycles. The van der Waals surface area contributed by atoms with E-state index in [0.29, 0.717) is 17.9 Å². The first-order valence-electron chi connectivity index (χ1n) is 6.10. The highest BCUT2D eigenvalue weighted by Crippen LogP contribution is 2.33. The van der Waals surface area contributed by atoms with Gasteiger partial charge in [-0.15, -0.1) is 0 Å². The molecule has 1 rings (SSSR count). The van der Waals surface area contributed by atoms with Crippen LogP contribution in [0.5, 0.6) is 0 Å². The molecule has 0 fully saturated rings. The number of halogens is 4. The summed E-state index contributed by atoms with van der Waals surface area (Å²) in [5, 5.41) is 8.58. The smallest absolute Gasteiger partial charge is 0.416 e. The fourth-order valence-electron chi connectivity index (χ4n) is 1.60. The number of thioether (sulfide) groups is 1. The summed E-state index contributed by atoms with van der Waals surface area (Å²) in [5.41, 5.74) is -1.20. The van der Waals surface area contributed by atoms with Crippen LogP contribution in [-0.4, -0.2) is 37.5 Å². The zero-order valence-corrected chi connectivity index (χ0v) is 14.1. The van der Waals surface area contributed by atoms with Gasteiger partial charge in [-0.1, -0.05) is 11.6 Å². The molecule has 1 atom stereocenters. The molecule has 0 radical (unpaired) electrons. The summed E-state index contributed by atoms with van der Waals surface area (Å²) in [6.07, 6.45) is -3.07. The van der Waals surface area contributed by atoms with Crippen LogP contribution in [-0.2, 0) is 21.0 Å². The van der Waals surface area contributed by atoms with E-state index in [0.717, 1.165) is 6.07 Å². The van der Waals surface area contributed by atoms with E-state index in [-0.39, 0.29) is 6.42 Å². The van der Waals surface area contributed by atoms with Crippen LogP contribution < -0.4 is 4.72 Å². The second kappa shape index (κ2) is 7.73. The second-order valence-corrected chi connectivity index (χ2v) is 7.51. The van der Waals surface area contributed by atoms with Crippen LogP contribution in [0.3, 0.4) is 0 Å². The van der Waals surface area contributed by atoms with Crippen LogP contribution in [0.2, 0.25) is 5.02 Å². The Hall–Kier alpha value is -0.970. The maximum absolute atomic E-state index is 12.7. The van der Waals surface area contributed by atoms with Crippen LogP contribution >= 0.6 is 23.4 Å². The number of carbonyl (C=O) groups is 1. The summed E-state index contributed by atoms with van der Waals surface area (Å²) in [6, 6.07) is 0.358. The topological polar surface area (TPSA) is 83.5 Å². The highest BCUT2D eigenvalue weighted by Gasteiger charge is 2.33. The molecule has 5 nitrogen and oxygen atoms in total. The molecule has 0 amide bonds. The van der Waals surface area contributed by atoms with Crippen LogP contribution in [0.1, 0.15) is 12.0 Å². The molecule has 0 bridgehead atoms. The predicted octanol–water partition coefficient (Wildman–Crippen LogP) is 2.84. The van der Waals surface area contributed by atoms with Crippen molar-refractivity contribution in [1.29, 1.82) is 0 Å². The molecule has 0 aromatic heterocycles. The Kier molecular flexibility index (Phi) is 6.75. The number of sulfonamides is 1. The molecule has 1 unspecified atom stereocenters. The molecule has 2 N–H and O–H groups in total. The fraction of sp³-hybridized carbons (Fsp3) is 0.417. The van der Waals surface area contributed by atoms with E-state index in [1.807, 2.05) is 4.72 Å². The molecule has 1 aromatic rings. The van der Waals surface area contributed by atoms with Gasteiger partial charge in [0, 0.05) is 0 Å². The summed E-state index contributed by atoms with van der Waals surface area (Å²) in [4.78, 5) is 10.3. The number of rotatable bonds is 7. The molecule has 1 aromatic carbocycles. The first-order valence-corrected chi connectivity index (χ1v) is 9.35. The van der Waals surface area contributed by atoms with E-state index in [1.54, 1.807) is 6.26 Å². The molecular formula is C12H13ClF3NO4S2. The fourth-order valence-corrected chi connectivity index (χ4v) is 3.83. The first kappa shape index (κ1) is 20.1. The summed E-state index contributed by atoms with van der Waals surface area (Å²) in [6.45, 7) is 0. The Balaban J connectivity index is 3.19. The molecule has 0 saturated carbocycles. The Morgan fingerprint density at radius 1 is 1.43 bits per heavy atom. The third-order valence-electron chi connectivity index (χ3n) is 2.75. The summed E-state index contributed by atoms with van der Waals surface area (Å²) in [5.74, 6) is -1.07. The Bertz CT molecular complexity index is 679. The molecule has 23 heavy (non-hydrogen) atoms. The Labute approximate surface area is 140 Å². The van der Waals surface area contributed by atoms with Gasteiger partial charge in [-0.25, -0.2) is 8.42 Å². The van der Waals surface area contributed by atoms with Crippen LogP contribution in [0.4, 0.5) is 13.2 Å². The summed E-state index contributed by atoms with van der Waals surface area (Å²) in [7, 11) is -4.52. The van der Waals surface area contributed by atoms with Crippen molar-refractivity contribution in [3.05, 3.63) is 28.8 Å². The highest BCUT2D eigenvalue weighted by atomic mass is 35.5. The molecule has 0 aliphatic carbocycles. The molecule has 0 spiro atoms. The minimum Gasteiger partial charge on any atom is -0.480 e. The van der Waals surface area contributed by atoms with E-state index in [4.69, 9.17) is 16.7 Å². The van der Waals surface area contributed by atoms with E-state index in [1.165, 1.54) is 11.8 Å². The van der Waals surface area contributed by atoms with Gasteiger partial charge in [0.15, 0.2) is 0 Å². The van der Waals surface area contributed by atoms with E-state index < -0.39 is 43.7 Å². The molecule has 0 heterocycles. The highest BCUT2D eigenvalue weighted by molar-refractivity contribution is 7.98. The van der Waals surface area contributed by atoms with Gasteiger partial charge >= 0.3 is 12.1 Å². The third kappa shape index (κ3) is 5.55. The van der Waals surface area contributed by atoms with E-state index in [9.17, 15) is 26.4 Å². The largest absolute Gasteiger partial charge is 0.480 e. The molecule has 11 heteroatoms. The maximum Gasteiger partial charge on any atom is 0.416 e. The van der Waals surface area contributed by atoms with Crippen molar-refractivity contribution in [3.63, 3.8) is 0 Å². The minimum absolute atomic E-state index is 0.0215. The van der Waals surface area contributed by atoms with Crippen molar-refractivity contribution < 1.29 is 31.5 Å². The number of aliphatic carboxylic acids is 1. The van der Waals surface area contributed by atoms with Crippen molar-refractivity contribution in [2.75, 3.05) is 12.0 Å². The van der Waals surface area contributed by atoms with Gasteiger partial charge in [-0.05, 0) is 36.6 Å². The van der Waals surface area contributed by atoms with Crippen LogP contribution in [0.15, 0.2) is 23.1 Å². The number of nitrogens with one attached hydrogen (secondary N) is 1. The second-order valence-electron chi connectivity index (χ2n) is 4.44. The number of alkyl halides is 3. The number of carboxylic acid groups (broad SMARTS) is 1. The maximum atomic E-state index is 12.7. The van der Waals surface area contributed by atoms with Crippen molar-refractivity contribution >= 4 is 39.4 Å². The molecular weight excluding hydrogens is 379 g/mol. The van der Waals surface area contributed by atoms with E-state index >= 15 is 0 Å².